The number of rotatable bonds is 5. The van der Waals surface area contributed by atoms with Gasteiger partial charge in [0.15, 0.2) is 0 Å². The van der Waals surface area contributed by atoms with Gasteiger partial charge in [-0.1, -0.05) is 60.7 Å². The molecule has 2 aromatic carbocycles. The van der Waals surface area contributed by atoms with Crippen molar-refractivity contribution in [1.82, 2.24) is 9.66 Å². The summed E-state index contributed by atoms with van der Waals surface area (Å²) >= 11 is 1.60. The zero-order chi connectivity index (χ0) is 19.2. The first-order valence-corrected chi connectivity index (χ1v) is 10.0. The highest BCUT2D eigenvalue weighted by Gasteiger charge is 2.08. The normalized spacial score (nSPS) is 12.0. The lowest BCUT2D eigenvalue weighted by Gasteiger charge is -2.06. The predicted octanol–water partition coefficient (Wildman–Crippen LogP) is 5.08. The molecule has 0 radical (unpaired) electrons. The van der Waals surface area contributed by atoms with Crippen molar-refractivity contribution in [3.8, 4) is 22.4 Å². The summed E-state index contributed by atoms with van der Waals surface area (Å²) in [6.45, 7) is 2.75. The molecule has 0 N–H and O–H groups in total. The fraction of sp³-hybridized carbons (Fsp3) is 0.0870. The predicted molar refractivity (Wildman–Crippen MR) is 117 cm³/mol. The number of benzene rings is 2. The molecule has 0 aliphatic rings. The topological polar surface area (TPSA) is 42.5 Å². The molecular formula is C23H20N4S. The minimum atomic E-state index is 0.718. The van der Waals surface area contributed by atoms with Crippen LogP contribution in [0, 0.1) is 0 Å². The third-order valence-corrected chi connectivity index (χ3v) is 5.13. The van der Waals surface area contributed by atoms with Crippen molar-refractivity contribution in [2.45, 2.75) is 6.92 Å². The second-order valence-corrected chi connectivity index (χ2v) is 7.00. The first-order chi connectivity index (χ1) is 13.8. The molecule has 0 spiro atoms. The van der Waals surface area contributed by atoms with Gasteiger partial charge in [0.05, 0.1) is 11.9 Å². The van der Waals surface area contributed by atoms with E-state index in [9.17, 15) is 0 Å². The highest BCUT2D eigenvalue weighted by Crippen LogP contribution is 2.25. The number of nitrogens with zero attached hydrogens (tertiary/aromatic N) is 4. The molecule has 4 aromatic rings. The Labute approximate surface area is 168 Å². The van der Waals surface area contributed by atoms with E-state index in [4.69, 9.17) is 0 Å². The molecule has 4 rings (SSSR count). The van der Waals surface area contributed by atoms with Crippen LogP contribution in [0.5, 0.6) is 0 Å². The molecule has 0 saturated heterocycles. The van der Waals surface area contributed by atoms with Crippen molar-refractivity contribution in [2.24, 2.45) is 10.1 Å². The van der Waals surface area contributed by atoms with E-state index in [2.05, 4.69) is 69.0 Å². The van der Waals surface area contributed by atoms with E-state index >= 15 is 0 Å². The fourth-order valence-corrected chi connectivity index (χ4v) is 3.80. The summed E-state index contributed by atoms with van der Waals surface area (Å²) in [4.78, 5) is 9.60. The summed E-state index contributed by atoms with van der Waals surface area (Å²) < 4.78 is 1.90. The van der Waals surface area contributed by atoms with Crippen LogP contribution < -0.4 is 4.80 Å². The molecule has 0 aliphatic heterocycles. The quantitative estimate of drug-likeness (QED) is 0.442. The lowest BCUT2D eigenvalue weighted by molar-refractivity contribution is 0.833. The molecule has 138 valence electrons. The Hall–Kier alpha value is -3.31. The Morgan fingerprint density at radius 1 is 0.929 bits per heavy atom. The summed E-state index contributed by atoms with van der Waals surface area (Å²) in [6, 6.07) is 22.8. The third-order valence-electron chi connectivity index (χ3n) is 4.27. The van der Waals surface area contributed by atoms with Crippen molar-refractivity contribution in [3.05, 3.63) is 94.9 Å². The Balaban J connectivity index is 1.72. The van der Waals surface area contributed by atoms with Crippen molar-refractivity contribution in [3.63, 3.8) is 0 Å². The van der Waals surface area contributed by atoms with E-state index in [1.54, 1.807) is 23.7 Å². The molecule has 0 bridgehead atoms. The smallest absolute Gasteiger partial charge is 0.206 e. The van der Waals surface area contributed by atoms with Crippen LogP contribution >= 0.6 is 11.3 Å². The second kappa shape index (κ2) is 8.59. The Bertz CT molecular complexity index is 1120. The van der Waals surface area contributed by atoms with Gasteiger partial charge in [-0.15, -0.1) is 11.3 Å². The van der Waals surface area contributed by atoms with E-state index in [1.165, 1.54) is 11.1 Å². The number of thiazole rings is 1. The lowest BCUT2D eigenvalue weighted by atomic mass is 10.0. The van der Waals surface area contributed by atoms with E-state index in [1.807, 2.05) is 36.0 Å². The average Bonchev–Trinajstić information content (AvgIpc) is 3.16. The molecule has 2 aromatic heterocycles. The molecule has 0 aliphatic carbocycles. The van der Waals surface area contributed by atoms with Crippen LogP contribution in [-0.4, -0.2) is 22.4 Å². The first kappa shape index (κ1) is 18.1. The van der Waals surface area contributed by atoms with Gasteiger partial charge in [-0.25, -0.2) is 4.68 Å². The van der Waals surface area contributed by atoms with Gasteiger partial charge in [-0.3, -0.25) is 9.98 Å². The summed E-state index contributed by atoms with van der Waals surface area (Å²) in [5.74, 6) is 0. The molecule has 4 nitrogen and oxygen atoms in total. The van der Waals surface area contributed by atoms with Crippen LogP contribution in [0.1, 0.15) is 12.5 Å². The SMILES string of the molecule is CCN=c1scc(-c2ccc(-c3ccccc3)cc2)n1N=Cc1cccnc1. The monoisotopic (exact) mass is 384 g/mol. The van der Waals surface area contributed by atoms with Gasteiger partial charge in [0.25, 0.3) is 0 Å². The number of aromatic nitrogens is 2. The molecule has 0 amide bonds. The van der Waals surface area contributed by atoms with Gasteiger partial charge < -0.3 is 0 Å². The zero-order valence-corrected chi connectivity index (χ0v) is 16.4. The van der Waals surface area contributed by atoms with Gasteiger partial charge in [0.1, 0.15) is 0 Å². The van der Waals surface area contributed by atoms with Gasteiger partial charge in [-0.05, 0) is 24.1 Å². The van der Waals surface area contributed by atoms with Gasteiger partial charge in [0, 0.05) is 35.4 Å². The second-order valence-electron chi connectivity index (χ2n) is 6.16. The number of hydrogen-bond donors (Lipinski definition) is 0. The van der Waals surface area contributed by atoms with Crippen molar-refractivity contribution in [2.75, 3.05) is 6.54 Å². The molecule has 0 atom stereocenters. The maximum Gasteiger partial charge on any atom is 0.206 e. The Morgan fingerprint density at radius 2 is 1.68 bits per heavy atom. The summed E-state index contributed by atoms with van der Waals surface area (Å²) in [5, 5.41) is 6.78. The highest BCUT2D eigenvalue weighted by atomic mass is 32.1. The highest BCUT2D eigenvalue weighted by molar-refractivity contribution is 7.07. The van der Waals surface area contributed by atoms with E-state index < -0.39 is 0 Å². The minimum Gasteiger partial charge on any atom is -0.264 e. The maximum absolute atomic E-state index is 4.68. The van der Waals surface area contributed by atoms with Gasteiger partial charge in [0.2, 0.25) is 4.80 Å². The minimum absolute atomic E-state index is 0.718. The molecule has 0 fully saturated rings. The van der Waals surface area contributed by atoms with Crippen LogP contribution in [0.3, 0.4) is 0 Å². The van der Waals surface area contributed by atoms with Gasteiger partial charge in [-0.2, -0.15) is 5.10 Å². The summed E-state index contributed by atoms with van der Waals surface area (Å²) in [7, 11) is 0. The Kier molecular flexibility index (Phi) is 5.54. The molecule has 2 heterocycles. The first-order valence-electron chi connectivity index (χ1n) is 9.16. The standard InChI is InChI=1S/C23H20N4S/c1-2-25-23-27(26-16-18-7-6-14-24-15-18)22(17-28-23)21-12-10-20(11-13-21)19-8-4-3-5-9-19/h3-17H,2H2,1H3. The molecule has 28 heavy (non-hydrogen) atoms. The van der Waals surface area contributed by atoms with Crippen molar-refractivity contribution < 1.29 is 0 Å². The molecular weight excluding hydrogens is 364 g/mol. The molecule has 0 unspecified atom stereocenters. The van der Waals surface area contributed by atoms with E-state index in [0.29, 0.717) is 0 Å². The van der Waals surface area contributed by atoms with Gasteiger partial charge >= 0.3 is 0 Å². The number of pyridine rings is 1. The summed E-state index contributed by atoms with van der Waals surface area (Å²) in [6.07, 6.45) is 5.37. The largest absolute Gasteiger partial charge is 0.264 e. The van der Waals surface area contributed by atoms with Crippen LogP contribution in [0.15, 0.2) is 94.6 Å². The molecule has 0 saturated carbocycles. The van der Waals surface area contributed by atoms with Crippen LogP contribution in [0.2, 0.25) is 0 Å². The maximum atomic E-state index is 4.68. The van der Waals surface area contributed by atoms with E-state index in [-0.39, 0.29) is 0 Å². The third kappa shape index (κ3) is 4.00. The van der Waals surface area contributed by atoms with Crippen LogP contribution in [-0.2, 0) is 0 Å². The summed E-state index contributed by atoms with van der Waals surface area (Å²) in [5.41, 5.74) is 5.50. The van der Waals surface area contributed by atoms with E-state index in [0.717, 1.165) is 28.2 Å². The van der Waals surface area contributed by atoms with Crippen LogP contribution in [0.4, 0.5) is 0 Å². The van der Waals surface area contributed by atoms with Crippen LogP contribution in [0.25, 0.3) is 22.4 Å². The Morgan fingerprint density at radius 3 is 2.39 bits per heavy atom. The average molecular weight is 385 g/mol. The van der Waals surface area contributed by atoms with Crippen molar-refractivity contribution in [1.29, 1.82) is 0 Å². The lowest BCUT2D eigenvalue weighted by Crippen LogP contribution is -2.12. The van der Waals surface area contributed by atoms with Crippen molar-refractivity contribution >= 4 is 17.6 Å². The zero-order valence-electron chi connectivity index (χ0n) is 15.6. The fourth-order valence-electron chi connectivity index (χ4n) is 2.89. The molecule has 5 heteroatoms. The number of hydrogen-bond acceptors (Lipinski definition) is 4.